The van der Waals surface area contributed by atoms with Gasteiger partial charge in [-0.25, -0.2) is 0 Å². The van der Waals surface area contributed by atoms with Crippen LogP contribution in [0.25, 0.3) is 0 Å². The zero-order valence-electron chi connectivity index (χ0n) is 19.8. The molecule has 2 aromatic rings. The number of nitrogens with zero attached hydrogens (tertiary/aromatic N) is 1. The molecule has 0 bridgehead atoms. The van der Waals surface area contributed by atoms with Gasteiger partial charge in [0.2, 0.25) is 0 Å². The zero-order chi connectivity index (χ0) is 23.4. The number of piperidine rings is 1. The Balaban J connectivity index is 1.67. The number of rotatable bonds is 7. The second kappa shape index (κ2) is 10.2. The molecule has 3 rings (SSSR count). The Morgan fingerprint density at radius 1 is 0.938 bits per heavy atom. The molecule has 4 heteroatoms. The lowest BCUT2D eigenvalue weighted by molar-refractivity contribution is -0.137. The van der Waals surface area contributed by atoms with E-state index in [1.54, 1.807) is 12.1 Å². The molecule has 1 aliphatic heterocycles. The van der Waals surface area contributed by atoms with Gasteiger partial charge in [0.25, 0.3) is 0 Å². The first-order valence-corrected chi connectivity index (χ1v) is 11.7. The van der Waals surface area contributed by atoms with E-state index in [-0.39, 0.29) is 11.5 Å². The van der Waals surface area contributed by atoms with Gasteiger partial charge in [0.1, 0.15) is 0 Å². The Morgan fingerprint density at radius 3 is 2.03 bits per heavy atom. The lowest BCUT2D eigenvalue weighted by atomic mass is 9.77. The third-order valence-electron chi connectivity index (χ3n) is 6.72. The monoisotopic (exact) mass is 443 g/mol. The molecule has 1 atom stereocenters. The van der Waals surface area contributed by atoms with Crippen LogP contribution in [0.5, 0.6) is 0 Å². The fourth-order valence-corrected chi connectivity index (χ4v) is 4.87. The van der Waals surface area contributed by atoms with Crippen molar-refractivity contribution in [1.29, 1.82) is 0 Å². The molecule has 0 aromatic heterocycles. The van der Waals surface area contributed by atoms with Crippen LogP contribution in [0.2, 0.25) is 0 Å². The van der Waals surface area contributed by atoms with Crippen LogP contribution >= 0.6 is 0 Å². The van der Waals surface area contributed by atoms with Gasteiger partial charge < -0.3 is 0 Å². The number of halogens is 3. The molecular formula is C28H36F3N. The Hall–Kier alpha value is -2.07. The van der Waals surface area contributed by atoms with Gasteiger partial charge >= 0.3 is 6.18 Å². The van der Waals surface area contributed by atoms with E-state index in [2.05, 4.69) is 69.0 Å². The third kappa shape index (κ3) is 6.71. The highest BCUT2D eigenvalue weighted by Crippen LogP contribution is 2.35. The number of hydrogen-bond acceptors (Lipinski definition) is 1. The Bertz CT molecular complexity index is 869. The second-order valence-electron chi connectivity index (χ2n) is 10.1. The van der Waals surface area contributed by atoms with E-state index < -0.39 is 11.7 Å². The first kappa shape index (κ1) is 24.6. The highest BCUT2D eigenvalue weighted by Gasteiger charge is 2.33. The van der Waals surface area contributed by atoms with Crippen molar-refractivity contribution in [2.45, 2.75) is 71.0 Å². The summed E-state index contributed by atoms with van der Waals surface area (Å²) < 4.78 is 38.9. The number of likely N-dealkylation sites (tertiary alicyclic amines) is 1. The molecule has 32 heavy (non-hydrogen) atoms. The van der Waals surface area contributed by atoms with Gasteiger partial charge in [0.05, 0.1) is 5.56 Å². The lowest BCUT2D eigenvalue weighted by Gasteiger charge is -2.40. The summed E-state index contributed by atoms with van der Waals surface area (Å²) in [7, 11) is 0. The van der Waals surface area contributed by atoms with Crippen LogP contribution in [0, 0.1) is 5.92 Å². The van der Waals surface area contributed by atoms with Gasteiger partial charge in [-0.1, -0.05) is 68.0 Å². The molecule has 0 N–H and O–H groups in total. The molecule has 0 amide bonds. The van der Waals surface area contributed by atoms with Crippen LogP contribution in [-0.2, 0) is 18.0 Å². The Morgan fingerprint density at radius 2 is 1.50 bits per heavy atom. The fraction of sp³-hybridized carbons (Fsp3) is 0.500. The minimum absolute atomic E-state index is 0.221. The molecule has 0 radical (unpaired) electrons. The first-order chi connectivity index (χ1) is 15.0. The van der Waals surface area contributed by atoms with E-state index >= 15 is 0 Å². The van der Waals surface area contributed by atoms with Crippen molar-refractivity contribution in [3.63, 3.8) is 0 Å². The van der Waals surface area contributed by atoms with E-state index in [1.165, 1.54) is 36.1 Å². The van der Waals surface area contributed by atoms with Crippen molar-refractivity contribution in [2.75, 3.05) is 13.1 Å². The molecule has 0 spiro atoms. The minimum Gasteiger partial charge on any atom is -0.297 e. The number of allylic oxidation sites excluding steroid dienone is 1. The quantitative estimate of drug-likeness (QED) is 0.397. The molecule has 1 aliphatic rings. The highest BCUT2D eigenvalue weighted by atomic mass is 19.4. The molecule has 1 saturated heterocycles. The average molecular weight is 444 g/mol. The van der Waals surface area contributed by atoms with Gasteiger partial charge in [-0.3, -0.25) is 4.90 Å². The van der Waals surface area contributed by atoms with Gasteiger partial charge in [-0.2, -0.15) is 13.2 Å². The van der Waals surface area contributed by atoms with E-state index in [9.17, 15) is 13.2 Å². The predicted octanol–water partition coefficient (Wildman–Crippen LogP) is 7.66. The third-order valence-corrected chi connectivity index (χ3v) is 6.72. The maximum absolute atomic E-state index is 13.0. The predicted molar refractivity (Wildman–Crippen MR) is 127 cm³/mol. The summed E-state index contributed by atoms with van der Waals surface area (Å²) in [5.74, 6) is 0.712. The first-order valence-electron chi connectivity index (χ1n) is 11.7. The van der Waals surface area contributed by atoms with Gasteiger partial charge in [-0.15, -0.1) is 0 Å². The Labute approximate surface area is 191 Å². The van der Waals surface area contributed by atoms with Crippen molar-refractivity contribution < 1.29 is 13.2 Å². The molecule has 1 nitrogen and oxygen atoms in total. The van der Waals surface area contributed by atoms with E-state index in [0.717, 1.165) is 31.5 Å². The van der Waals surface area contributed by atoms with Crippen molar-refractivity contribution in [3.8, 4) is 0 Å². The summed E-state index contributed by atoms with van der Waals surface area (Å²) in [6, 6.07) is 16.7. The maximum Gasteiger partial charge on any atom is 0.416 e. The fourth-order valence-electron chi connectivity index (χ4n) is 4.87. The van der Waals surface area contributed by atoms with E-state index in [4.69, 9.17) is 0 Å². The largest absolute Gasteiger partial charge is 0.416 e. The maximum atomic E-state index is 13.0. The summed E-state index contributed by atoms with van der Waals surface area (Å²) >= 11 is 0. The smallest absolute Gasteiger partial charge is 0.297 e. The molecule has 0 saturated carbocycles. The van der Waals surface area contributed by atoms with E-state index in [0.29, 0.717) is 5.92 Å². The molecule has 2 aromatic carbocycles. The normalized spacial score (nSPS) is 17.2. The second-order valence-corrected chi connectivity index (χ2v) is 10.1. The number of alkyl halides is 3. The van der Waals surface area contributed by atoms with Gasteiger partial charge in [-0.05, 0) is 87.2 Å². The van der Waals surface area contributed by atoms with Gasteiger partial charge in [0.15, 0.2) is 0 Å². The zero-order valence-corrected chi connectivity index (χ0v) is 19.8. The SMILES string of the molecule is CC(C)=CC(CC(C)(C)c1ccc(C(F)(F)F)cc1)N1CCC(Cc2ccccc2)CC1. The molecular weight excluding hydrogens is 407 g/mol. The molecule has 0 aliphatic carbocycles. The highest BCUT2D eigenvalue weighted by molar-refractivity contribution is 5.30. The van der Waals surface area contributed by atoms with Crippen molar-refractivity contribution in [3.05, 3.63) is 82.9 Å². The van der Waals surface area contributed by atoms with Gasteiger partial charge in [0, 0.05) is 6.04 Å². The van der Waals surface area contributed by atoms with Crippen molar-refractivity contribution >= 4 is 0 Å². The van der Waals surface area contributed by atoms with E-state index in [1.807, 2.05) is 0 Å². The number of hydrogen-bond donors (Lipinski definition) is 0. The van der Waals surface area contributed by atoms with Crippen LogP contribution in [0.4, 0.5) is 13.2 Å². The molecule has 1 unspecified atom stereocenters. The topological polar surface area (TPSA) is 3.24 Å². The van der Waals surface area contributed by atoms with Crippen molar-refractivity contribution in [1.82, 2.24) is 4.90 Å². The summed E-state index contributed by atoms with van der Waals surface area (Å²) in [5.41, 5.74) is 2.84. The molecule has 1 fully saturated rings. The van der Waals surface area contributed by atoms with Crippen LogP contribution in [0.15, 0.2) is 66.2 Å². The standard InChI is InChI=1S/C28H36F3N/c1-21(2)18-26(20-27(3,4)24-10-12-25(13-11-24)28(29,30)31)32-16-14-23(15-17-32)19-22-8-6-5-7-9-22/h5-13,18,23,26H,14-17,19-20H2,1-4H3. The summed E-state index contributed by atoms with van der Waals surface area (Å²) in [4.78, 5) is 2.57. The van der Waals surface area contributed by atoms with Crippen LogP contribution in [-0.4, -0.2) is 24.0 Å². The van der Waals surface area contributed by atoms with Crippen LogP contribution in [0.3, 0.4) is 0 Å². The summed E-state index contributed by atoms with van der Waals surface area (Å²) in [6.45, 7) is 10.7. The summed E-state index contributed by atoms with van der Waals surface area (Å²) in [5, 5.41) is 0. The van der Waals surface area contributed by atoms with Crippen LogP contribution in [0.1, 0.15) is 63.6 Å². The average Bonchev–Trinajstić information content (AvgIpc) is 2.73. The van der Waals surface area contributed by atoms with Crippen molar-refractivity contribution in [2.24, 2.45) is 5.92 Å². The minimum atomic E-state index is -4.29. The molecule has 1 heterocycles. The Kier molecular flexibility index (Phi) is 7.87. The van der Waals surface area contributed by atoms with Crippen LogP contribution < -0.4 is 0 Å². The molecule has 174 valence electrons. The number of benzene rings is 2. The summed E-state index contributed by atoms with van der Waals surface area (Å²) in [6.07, 6.45) is 2.43. The lowest BCUT2D eigenvalue weighted by Crippen LogP contribution is -2.43.